The van der Waals surface area contributed by atoms with Gasteiger partial charge in [-0.15, -0.1) is 0 Å². The van der Waals surface area contributed by atoms with Gasteiger partial charge in [0.1, 0.15) is 0 Å². The minimum Gasteiger partial charge on any atom is -0.385 e. The van der Waals surface area contributed by atoms with Crippen LogP contribution in [0, 0.1) is 0 Å². The smallest absolute Gasteiger partial charge is 0.254 e. The summed E-state index contributed by atoms with van der Waals surface area (Å²) in [6.45, 7) is 1.95. The molecule has 0 spiro atoms. The van der Waals surface area contributed by atoms with E-state index in [1.807, 2.05) is 0 Å². The van der Waals surface area contributed by atoms with Crippen LogP contribution in [0.2, 0.25) is 0 Å². The van der Waals surface area contributed by atoms with Gasteiger partial charge in [-0.25, -0.2) is 13.1 Å². The van der Waals surface area contributed by atoms with Crippen LogP contribution in [0.3, 0.4) is 0 Å². The summed E-state index contributed by atoms with van der Waals surface area (Å²) in [7, 11) is -0.625. The standard InChI is InChI=1S/C15H22N2O5S/c1-16-23(19,20)14-5-3-4-12(10-14)15(18)17-7-9-22-11-13(17)6-8-21-2/h3-5,10,13,16H,6-9,11H2,1-2H3. The molecule has 1 N–H and O–H groups in total. The van der Waals surface area contributed by atoms with E-state index in [1.54, 1.807) is 24.1 Å². The van der Waals surface area contributed by atoms with E-state index in [1.165, 1.54) is 19.2 Å². The highest BCUT2D eigenvalue weighted by Gasteiger charge is 2.28. The Morgan fingerprint density at radius 1 is 1.48 bits per heavy atom. The normalized spacial score (nSPS) is 18.9. The van der Waals surface area contributed by atoms with Crippen molar-refractivity contribution in [3.05, 3.63) is 29.8 Å². The lowest BCUT2D eigenvalue weighted by atomic mass is 10.1. The second kappa shape index (κ2) is 7.87. The van der Waals surface area contributed by atoms with E-state index in [0.29, 0.717) is 38.3 Å². The first-order valence-electron chi connectivity index (χ1n) is 7.41. The third-order valence-corrected chi connectivity index (χ3v) is 5.22. The van der Waals surface area contributed by atoms with Crippen LogP contribution in [0.5, 0.6) is 0 Å². The molecular formula is C15H22N2O5S. The zero-order valence-corrected chi connectivity index (χ0v) is 14.1. The van der Waals surface area contributed by atoms with Crippen LogP contribution >= 0.6 is 0 Å². The first-order chi connectivity index (χ1) is 11.0. The first kappa shape index (κ1) is 17.9. The van der Waals surface area contributed by atoms with Crippen LogP contribution in [0.15, 0.2) is 29.2 Å². The molecule has 1 aliphatic heterocycles. The van der Waals surface area contributed by atoms with Crippen LogP contribution in [-0.4, -0.2) is 65.8 Å². The Bertz CT molecular complexity index is 647. The molecule has 2 rings (SSSR count). The molecule has 1 aromatic rings. The van der Waals surface area contributed by atoms with Gasteiger partial charge in [-0.2, -0.15) is 0 Å². The van der Waals surface area contributed by atoms with Gasteiger partial charge in [0.2, 0.25) is 10.0 Å². The molecule has 1 unspecified atom stereocenters. The van der Waals surface area contributed by atoms with Gasteiger partial charge in [-0.3, -0.25) is 4.79 Å². The summed E-state index contributed by atoms with van der Waals surface area (Å²) >= 11 is 0. The maximum absolute atomic E-state index is 12.8. The number of methoxy groups -OCH3 is 1. The fraction of sp³-hybridized carbons (Fsp3) is 0.533. The Hall–Kier alpha value is -1.48. The number of carbonyl (C=O) groups is 1. The largest absolute Gasteiger partial charge is 0.385 e. The fourth-order valence-electron chi connectivity index (χ4n) is 2.50. The van der Waals surface area contributed by atoms with Crippen molar-refractivity contribution in [2.75, 3.05) is 40.5 Å². The van der Waals surface area contributed by atoms with Gasteiger partial charge < -0.3 is 14.4 Å². The summed E-state index contributed by atoms with van der Waals surface area (Å²) in [4.78, 5) is 14.6. The average Bonchev–Trinajstić information content (AvgIpc) is 2.59. The molecule has 1 aromatic carbocycles. The molecule has 1 atom stereocenters. The Labute approximate surface area is 136 Å². The predicted octanol–water partition coefficient (Wildman–Crippen LogP) is 0.472. The monoisotopic (exact) mass is 342 g/mol. The summed E-state index contributed by atoms with van der Waals surface area (Å²) in [6, 6.07) is 5.99. The lowest BCUT2D eigenvalue weighted by Crippen LogP contribution is -2.49. The number of morpholine rings is 1. The van der Waals surface area contributed by atoms with E-state index < -0.39 is 10.0 Å². The lowest BCUT2D eigenvalue weighted by molar-refractivity contribution is -0.0104. The molecule has 1 heterocycles. The number of ether oxygens (including phenoxy) is 2. The lowest BCUT2D eigenvalue weighted by Gasteiger charge is -2.35. The van der Waals surface area contributed by atoms with Gasteiger partial charge in [-0.1, -0.05) is 6.07 Å². The molecule has 0 radical (unpaired) electrons. The maximum atomic E-state index is 12.8. The zero-order chi connectivity index (χ0) is 16.9. The van der Waals surface area contributed by atoms with Crippen molar-refractivity contribution >= 4 is 15.9 Å². The van der Waals surface area contributed by atoms with E-state index in [9.17, 15) is 13.2 Å². The van der Waals surface area contributed by atoms with E-state index in [4.69, 9.17) is 9.47 Å². The van der Waals surface area contributed by atoms with Crippen molar-refractivity contribution in [1.29, 1.82) is 0 Å². The summed E-state index contributed by atoms with van der Waals surface area (Å²) in [6.07, 6.45) is 0.677. The average molecular weight is 342 g/mol. The number of hydrogen-bond donors (Lipinski definition) is 1. The Morgan fingerprint density at radius 3 is 2.96 bits per heavy atom. The summed E-state index contributed by atoms with van der Waals surface area (Å²) in [5, 5.41) is 0. The van der Waals surface area contributed by atoms with Gasteiger partial charge in [0.05, 0.1) is 24.2 Å². The maximum Gasteiger partial charge on any atom is 0.254 e. The number of nitrogens with one attached hydrogen (secondary N) is 1. The highest BCUT2D eigenvalue weighted by atomic mass is 32.2. The van der Waals surface area contributed by atoms with Crippen LogP contribution in [0.25, 0.3) is 0 Å². The van der Waals surface area contributed by atoms with Crippen molar-refractivity contribution < 1.29 is 22.7 Å². The molecule has 0 aliphatic carbocycles. The van der Waals surface area contributed by atoms with E-state index >= 15 is 0 Å². The Kier molecular flexibility index (Phi) is 6.11. The number of nitrogens with zero attached hydrogens (tertiary/aromatic N) is 1. The molecule has 0 saturated carbocycles. The van der Waals surface area contributed by atoms with Crippen molar-refractivity contribution in [1.82, 2.24) is 9.62 Å². The first-order valence-corrected chi connectivity index (χ1v) is 8.89. The van der Waals surface area contributed by atoms with Crippen molar-refractivity contribution in [2.45, 2.75) is 17.4 Å². The Morgan fingerprint density at radius 2 is 2.26 bits per heavy atom. The van der Waals surface area contributed by atoms with E-state index in [2.05, 4.69) is 4.72 Å². The molecule has 7 nitrogen and oxygen atoms in total. The number of carbonyl (C=O) groups excluding carboxylic acids is 1. The van der Waals surface area contributed by atoms with E-state index in [0.717, 1.165) is 0 Å². The van der Waals surface area contributed by atoms with Gasteiger partial charge in [0.15, 0.2) is 0 Å². The molecule has 8 heteroatoms. The van der Waals surface area contributed by atoms with Crippen LogP contribution in [0.4, 0.5) is 0 Å². The van der Waals surface area contributed by atoms with Gasteiger partial charge >= 0.3 is 0 Å². The van der Waals surface area contributed by atoms with Gasteiger partial charge in [0.25, 0.3) is 5.91 Å². The Balaban J connectivity index is 2.23. The molecular weight excluding hydrogens is 320 g/mol. The summed E-state index contributed by atoms with van der Waals surface area (Å²) in [5.74, 6) is -0.192. The third kappa shape index (κ3) is 4.29. The second-order valence-electron chi connectivity index (χ2n) is 5.24. The quantitative estimate of drug-likeness (QED) is 0.812. The van der Waals surface area contributed by atoms with Gasteiger partial charge in [-0.05, 0) is 31.7 Å². The highest BCUT2D eigenvalue weighted by molar-refractivity contribution is 7.89. The highest BCUT2D eigenvalue weighted by Crippen LogP contribution is 2.18. The summed E-state index contributed by atoms with van der Waals surface area (Å²) < 4.78 is 36.5. The molecule has 1 saturated heterocycles. The van der Waals surface area contributed by atoms with Crippen molar-refractivity contribution in [3.8, 4) is 0 Å². The second-order valence-corrected chi connectivity index (χ2v) is 7.13. The third-order valence-electron chi connectivity index (χ3n) is 3.80. The molecule has 0 aromatic heterocycles. The zero-order valence-electron chi connectivity index (χ0n) is 13.3. The van der Waals surface area contributed by atoms with Crippen LogP contribution in [-0.2, 0) is 19.5 Å². The predicted molar refractivity (Wildman–Crippen MR) is 84.8 cm³/mol. The topological polar surface area (TPSA) is 84.9 Å². The van der Waals surface area contributed by atoms with Crippen molar-refractivity contribution in [2.24, 2.45) is 0 Å². The number of sulfonamides is 1. The number of amides is 1. The minimum absolute atomic E-state index is 0.0687. The molecule has 128 valence electrons. The molecule has 1 amide bonds. The van der Waals surface area contributed by atoms with Gasteiger partial charge in [0, 0.05) is 25.8 Å². The molecule has 0 bridgehead atoms. The summed E-state index contributed by atoms with van der Waals surface area (Å²) in [5.41, 5.74) is 0.352. The minimum atomic E-state index is -3.58. The van der Waals surface area contributed by atoms with E-state index in [-0.39, 0.29) is 16.8 Å². The molecule has 1 aliphatic rings. The van der Waals surface area contributed by atoms with Crippen LogP contribution < -0.4 is 4.72 Å². The van der Waals surface area contributed by atoms with Crippen molar-refractivity contribution in [3.63, 3.8) is 0 Å². The SMILES string of the molecule is CNS(=O)(=O)c1cccc(C(=O)N2CCOCC2CCOC)c1. The number of benzene rings is 1. The molecule has 23 heavy (non-hydrogen) atoms. The van der Waals surface area contributed by atoms with Crippen LogP contribution in [0.1, 0.15) is 16.8 Å². The number of rotatable bonds is 6. The molecule has 1 fully saturated rings. The fourth-order valence-corrected chi connectivity index (χ4v) is 3.27. The number of hydrogen-bond acceptors (Lipinski definition) is 5.